The maximum Gasteiger partial charge on any atom is 0.335 e. The average Bonchev–Trinajstić information content (AvgIpc) is 2.90. The first-order chi connectivity index (χ1) is 17.4. The molecule has 36 heavy (non-hydrogen) atoms. The van der Waals surface area contributed by atoms with Gasteiger partial charge in [-0.15, -0.1) is 0 Å². The van der Waals surface area contributed by atoms with Gasteiger partial charge >= 0.3 is 11.9 Å². The predicted octanol–water partition coefficient (Wildman–Crippen LogP) is 5.56. The van der Waals surface area contributed by atoms with E-state index >= 15 is 0 Å². The zero-order valence-corrected chi connectivity index (χ0v) is 20.8. The van der Waals surface area contributed by atoms with E-state index in [1.54, 1.807) is 36.5 Å². The van der Waals surface area contributed by atoms with Crippen molar-refractivity contribution in [2.24, 2.45) is 0 Å². The van der Waals surface area contributed by atoms with Crippen molar-refractivity contribution in [3.63, 3.8) is 0 Å². The fourth-order valence-corrected chi connectivity index (χ4v) is 4.11. The van der Waals surface area contributed by atoms with Crippen LogP contribution in [-0.2, 0) is 9.53 Å². The van der Waals surface area contributed by atoms with Crippen molar-refractivity contribution in [2.45, 2.75) is 37.9 Å². The van der Waals surface area contributed by atoms with E-state index in [1.807, 2.05) is 42.5 Å². The third kappa shape index (κ3) is 9.07. The van der Waals surface area contributed by atoms with Gasteiger partial charge in [0.05, 0.1) is 17.4 Å². The van der Waals surface area contributed by atoms with Crippen LogP contribution in [0.5, 0.6) is 0 Å². The first kappa shape index (κ1) is 27.3. The smallest absolute Gasteiger partial charge is 0.335 e. The molecule has 1 aliphatic rings. The second kappa shape index (κ2) is 14.3. The Hall–Kier alpha value is -3.26. The van der Waals surface area contributed by atoms with Crippen molar-refractivity contribution in [2.75, 3.05) is 19.6 Å². The van der Waals surface area contributed by atoms with E-state index in [-0.39, 0.29) is 18.6 Å². The van der Waals surface area contributed by atoms with Gasteiger partial charge < -0.3 is 19.8 Å². The summed E-state index contributed by atoms with van der Waals surface area (Å²) in [5.74, 6) is -1.61. The molecule has 1 atom stereocenters. The van der Waals surface area contributed by atoms with Crippen LogP contribution in [0.1, 0.15) is 53.4 Å². The highest BCUT2D eigenvalue weighted by molar-refractivity contribution is 6.30. The number of hydrogen-bond acceptors (Lipinski definition) is 5. The van der Waals surface area contributed by atoms with Crippen LogP contribution >= 0.6 is 11.6 Å². The van der Waals surface area contributed by atoms with Gasteiger partial charge in [0, 0.05) is 30.7 Å². The molecule has 2 N–H and O–H groups in total. The molecule has 1 fully saturated rings. The fraction of sp³-hybridized carbons (Fsp3) is 0.321. The molecule has 0 amide bonds. The minimum atomic E-state index is -0.879. The third-order valence-corrected chi connectivity index (χ3v) is 6.13. The quantitative estimate of drug-likeness (QED) is 0.389. The summed E-state index contributed by atoms with van der Waals surface area (Å²) in [6.07, 6.45) is 4.52. The van der Waals surface area contributed by atoms with Crippen LogP contribution in [0.25, 0.3) is 0 Å². The van der Waals surface area contributed by atoms with Crippen molar-refractivity contribution in [3.8, 4) is 0 Å². The number of hydrogen-bond donors (Lipinski definition) is 2. The van der Waals surface area contributed by atoms with Crippen molar-refractivity contribution in [1.29, 1.82) is 0 Å². The van der Waals surface area contributed by atoms with Crippen LogP contribution in [-0.4, -0.2) is 57.8 Å². The number of aromatic carboxylic acids is 1. The molecule has 1 saturated heterocycles. The molecule has 3 aromatic rings. The SMILES string of the molecule is O=C(O)CCCN1CCC(O[C@@H](c2ccc(Cl)cc2)c2ccccn2)CC1.O=C(O)c1ccccc1. The maximum absolute atomic E-state index is 10.7. The highest BCUT2D eigenvalue weighted by Gasteiger charge is 2.25. The second-order valence-electron chi connectivity index (χ2n) is 8.53. The number of likely N-dealkylation sites (tertiary alicyclic amines) is 1. The van der Waals surface area contributed by atoms with E-state index < -0.39 is 11.9 Å². The minimum absolute atomic E-state index is 0.156. The van der Waals surface area contributed by atoms with Gasteiger partial charge in [0.15, 0.2) is 0 Å². The summed E-state index contributed by atoms with van der Waals surface area (Å²) in [6.45, 7) is 2.69. The number of aromatic nitrogens is 1. The second-order valence-corrected chi connectivity index (χ2v) is 8.97. The minimum Gasteiger partial charge on any atom is -0.481 e. The van der Waals surface area contributed by atoms with Crippen LogP contribution in [0.15, 0.2) is 79.0 Å². The lowest BCUT2D eigenvalue weighted by Crippen LogP contribution is -2.38. The van der Waals surface area contributed by atoms with Gasteiger partial charge in [-0.1, -0.05) is 48.0 Å². The Balaban J connectivity index is 0.000000338. The number of carboxylic acid groups (broad SMARTS) is 2. The summed E-state index contributed by atoms with van der Waals surface area (Å²) >= 11 is 6.03. The van der Waals surface area contributed by atoms with Crippen LogP contribution in [0.2, 0.25) is 5.02 Å². The van der Waals surface area contributed by atoms with Crippen molar-refractivity contribution < 1.29 is 24.5 Å². The molecule has 190 valence electrons. The van der Waals surface area contributed by atoms with Gasteiger partial charge in [-0.3, -0.25) is 9.78 Å². The van der Waals surface area contributed by atoms with E-state index in [1.165, 1.54) is 0 Å². The maximum atomic E-state index is 10.7. The van der Waals surface area contributed by atoms with Crippen molar-refractivity contribution in [1.82, 2.24) is 9.88 Å². The van der Waals surface area contributed by atoms with Crippen molar-refractivity contribution >= 4 is 23.5 Å². The number of halogens is 1. The molecule has 1 aliphatic heterocycles. The van der Waals surface area contributed by atoms with Gasteiger partial charge in [-0.25, -0.2) is 4.79 Å². The normalized spacial score (nSPS) is 14.9. The summed E-state index contributed by atoms with van der Waals surface area (Å²) in [7, 11) is 0. The number of pyridine rings is 1. The topological polar surface area (TPSA) is 100.0 Å². The van der Waals surface area contributed by atoms with E-state index in [0.29, 0.717) is 17.0 Å². The lowest BCUT2D eigenvalue weighted by Gasteiger charge is -2.34. The van der Waals surface area contributed by atoms with Crippen LogP contribution in [0.3, 0.4) is 0 Å². The molecule has 0 unspecified atom stereocenters. The Bertz CT molecular complexity index is 1070. The van der Waals surface area contributed by atoms with Crippen LogP contribution < -0.4 is 0 Å². The first-order valence-electron chi connectivity index (χ1n) is 12.0. The molecule has 0 radical (unpaired) electrons. The van der Waals surface area contributed by atoms with E-state index in [4.69, 9.17) is 26.6 Å². The summed E-state index contributed by atoms with van der Waals surface area (Å²) in [4.78, 5) is 27.7. The molecule has 0 bridgehead atoms. The lowest BCUT2D eigenvalue weighted by atomic mass is 10.0. The molecule has 0 spiro atoms. The van der Waals surface area contributed by atoms with Gasteiger partial charge in [0.2, 0.25) is 0 Å². The molecule has 1 aromatic heterocycles. The Morgan fingerprint density at radius 2 is 1.64 bits per heavy atom. The number of rotatable bonds is 9. The molecular weight excluding hydrogens is 480 g/mol. The molecule has 4 rings (SSSR count). The van der Waals surface area contributed by atoms with E-state index in [9.17, 15) is 9.59 Å². The highest BCUT2D eigenvalue weighted by Crippen LogP contribution is 2.29. The monoisotopic (exact) mass is 510 g/mol. The first-order valence-corrected chi connectivity index (χ1v) is 12.3. The zero-order valence-electron chi connectivity index (χ0n) is 20.0. The van der Waals surface area contributed by atoms with Gasteiger partial charge in [-0.2, -0.15) is 0 Å². The number of carboxylic acids is 2. The largest absolute Gasteiger partial charge is 0.481 e. The molecule has 7 nitrogen and oxygen atoms in total. The van der Waals surface area contributed by atoms with Crippen LogP contribution in [0, 0.1) is 0 Å². The van der Waals surface area contributed by atoms with Crippen LogP contribution in [0.4, 0.5) is 0 Å². The highest BCUT2D eigenvalue weighted by atomic mass is 35.5. The van der Waals surface area contributed by atoms with Gasteiger partial charge in [0.1, 0.15) is 6.10 Å². The van der Waals surface area contributed by atoms with E-state index in [0.717, 1.165) is 43.7 Å². The number of piperidine rings is 1. The molecule has 0 saturated carbocycles. The summed E-state index contributed by atoms with van der Waals surface area (Å²) in [5.41, 5.74) is 2.27. The number of ether oxygens (including phenoxy) is 1. The standard InChI is InChI=1S/C21H25ClN2O3.C7H6O2/c22-17-8-6-16(7-9-17)21(19-4-1-2-12-23-19)27-18-10-14-24(15-11-18)13-3-5-20(25)26;8-7(9)6-4-2-1-3-5-6/h1-2,4,6-9,12,18,21H,3,5,10-11,13-15H2,(H,25,26);1-5H,(H,8,9)/t21-;/m0./s1. The number of carbonyl (C=O) groups is 2. The molecule has 0 aliphatic carbocycles. The Labute approximate surface area is 216 Å². The van der Waals surface area contributed by atoms with Gasteiger partial charge in [0.25, 0.3) is 0 Å². The third-order valence-electron chi connectivity index (χ3n) is 5.88. The Morgan fingerprint density at radius 3 is 2.19 bits per heavy atom. The molecule has 2 heterocycles. The van der Waals surface area contributed by atoms with E-state index in [2.05, 4.69) is 9.88 Å². The summed E-state index contributed by atoms with van der Waals surface area (Å²) in [6, 6.07) is 21.9. The number of benzene rings is 2. The predicted molar refractivity (Wildman–Crippen MR) is 138 cm³/mol. The molecular formula is C28H31ClN2O5. The Kier molecular flexibility index (Phi) is 10.9. The fourth-order valence-electron chi connectivity index (χ4n) is 3.98. The lowest BCUT2D eigenvalue weighted by molar-refractivity contribution is -0.137. The van der Waals surface area contributed by atoms with Gasteiger partial charge in [-0.05, 0) is 67.8 Å². The van der Waals surface area contributed by atoms with Crippen molar-refractivity contribution in [3.05, 3.63) is 101 Å². The number of aliphatic carboxylic acids is 1. The Morgan fingerprint density at radius 1 is 0.972 bits per heavy atom. The summed E-state index contributed by atoms with van der Waals surface area (Å²) < 4.78 is 6.47. The summed E-state index contributed by atoms with van der Waals surface area (Å²) in [5, 5.41) is 17.9. The zero-order chi connectivity index (χ0) is 25.8. The average molecular weight is 511 g/mol. The molecule has 2 aromatic carbocycles. The molecule has 8 heteroatoms. The number of nitrogens with zero attached hydrogens (tertiary/aromatic N) is 2.